The molecule has 8 nitrogen and oxygen atoms in total. The predicted octanol–water partition coefficient (Wildman–Crippen LogP) is 1.23. The Morgan fingerprint density at radius 2 is 2.21 bits per heavy atom. The van der Waals surface area contributed by atoms with Crippen LogP contribution in [0.3, 0.4) is 0 Å². The molecule has 1 amide bonds. The predicted molar refractivity (Wildman–Crippen MR) is 63.3 cm³/mol. The van der Waals surface area contributed by atoms with Gasteiger partial charge in [-0.25, -0.2) is 4.79 Å². The molecule has 0 aliphatic rings. The molecular formula is C11H9N3O5. The van der Waals surface area contributed by atoms with Gasteiger partial charge in [0.25, 0.3) is 5.69 Å². The van der Waals surface area contributed by atoms with Crippen LogP contribution in [0.25, 0.3) is 0 Å². The Morgan fingerprint density at radius 3 is 2.74 bits per heavy atom. The highest BCUT2D eigenvalue weighted by atomic mass is 16.6. The minimum atomic E-state index is -0.823. The molecule has 0 heterocycles. The second kappa shape index (κ2) is 6.11. The van der Waals surface area contributed by atoms with Crippen LogP contribution in [0.4, 0.5) is 11.4 Å². The summed E-state index contributed by atoms with van der Waals surface area (Å²) in [6, 6.07) is 5.31. The van der Waals surface area contributed by atoms with E-state index in [1.807, 2.05) is 0 Å². The van der Waals surface area contributed by atoms with Gasteiger partial charge in [0.2, 0.25) is 5.91 Å². The number of anilines is 1. The van der Waals surface area contributed by atoms with E-state index in [0.717, 1.165) is 13.2 Å². The monoisotopic (exact) mass is 263 g/mol. The average Bonchev–Trinajstić information content (AvgIpc) is 2.38. The van der Waals surface area contributed by atoms with E-state index in [-0.39, 0.29) is 11.3 Å². The van der Waals surface area contributed by atoms with Crippen LogP contribution in [0.5, 0.6) is 0 Å². The smallest absolute Gasteiger partial charge is 0.340 e. The number of para-hydroxylation sites is 1. The van der Waals surface area contributed by atoms with Crippen LogP contribution < -0.4 is 5.32 Å². The van der Waals surface area contributed by atoms with Gasteiger partial charge in [-0.2, -0.15) is 5.26 Å². The molecule has 8 heteroatoms. The van der Waals surface area contributed by atoms with E-state index in [0.29, 0.717) is 0 Å². The average molecular weight is 263 g/mol. The molecule has 19 heavy (non-hydrogen) atoms. The molecule has 0 saturated heterocycles. The summed E-state index contributed by atoms with van der Waals surface area (Å²) in [6.07, 6.45) is -0.480. The fraction of sp³-hybridized carbons (Fsp3) is 0.182. The summed E-state index contributed by atoms with van der Waals surface area (Å²) in [4.78, 5) is 32.9. The molecule has 0 saturated carbocycles. The first-order valence-electron chi connectivity index (χ1n) is 5.03. The van der Waals surface area contributed by atoms with Crippen molar-refractivity contribution in [2.24, 2.45) is 0 Å². The first-order chi connectivity index (χ1) is 9.01. The maximum Gasteiger partial charge on any atom is 0.340 e. The van der Waals surface area contributed by atoms with Crippen LogP contribution in [-0.4, -0.2) is 23.9 Å². The van der Waals surface area contributed by atoms with E-state index in [1.54, 1.807) is 6.07 Å². The second-order valence-electron chi connectivity index (χ2n) is 3.33. The van der Waals surface area contributed by atoms with E-state index in [1.165, 1.54) is 12.1 Å². The number of hydrogen-bond acceptors (Lipinski definition) is 6. The van der Waals surface area contributed by atoms with E-state index >= 15 is 0 Å². The normalized spacial score (nSPS) is 9.26. The summed E-state index contributed by atoms with van der Waals surface area (Å²) < 4.78 is 4.48. The number of ether oxygens (including phenoxy) is 1. The lowest BCUT2D eigenvalue weighted by molar-refractivity contribution is -0.384. The van der Waals surface area contributed by atoms with Crippen molar-refractivity contribution < 1.29 is 19.2 Å². The second-order valence-corrected chi connectivity index (χ2v) is 3.33. The Morgan fingerprint density at radius 1 is 1.53 bits per heavy atom. The summed E-state index contributed by atoms with van der Waals surface area (Å²) in [5.41, 5.74) is -0.878. The fourth-order valence-electron chi connectivity index (χ4n) is 1.36. The molecule has 1 aromatic carbocycles. The van der Waals surface area contributed by atoms with Crippen LogP contribution in [0.2, 0.25) is 0 Å². The maximum absolute atomic E-state index is 11.5. The zero-order valence-corrected chi connectivity index (χ0v) is 9.87. The lowest BCUT2D eigenvalue weighted by Crippen LogP contribution is -2.16. The van der Waals surface area contributed by atoms with Gasteiger partial charge < -0.3 is 10.1 Å². The molecule has 0 aliphatic heterocycles. The number of esters is 1. The number of nitrogens with zero attached hydrogens (tertiary/aromatic N) is 2. The molecule has 0 aromatic heterocycles. The summed E-state index contributed by atoms with van der Waals surface area (Å²) in [5.74, 6) is -1.57. The molecule has 0 bridgehead atoms. The van der Waals surface area contributed by atoms with E-state index in [4.69, 9.17) is 5.26 Å². The number of benzene rings is 1. The molecule has 1 aromatic rings. The van der Waals surface area contributed by atoms with E-state index in [9.17, 15) is 19.7 Å². The van der Waals surface area contributed by atoms with Crippen LogP contribution in [0, 0.1) is 21.4 Å². The van der Waals surface area contributed by atoms with Crippen LogP contribution in [0.1, 0.15) is 16.8 Å². The molecule has 0 unspecified atom stereocenters. The zero-order chi connectivity index (χ0) is 14.4. The number of hydrogen-bond donors (Lipinski definition) is 1. The van der Waals surface area contributed by atoms with Gasteiger partial charge in [-0.15, -0.1) is 0 Å². The summed E-state index contributed by atoms with van der Waals surface area (Å²) >= 11 is 0. The fourth-order valence-corrected chi connectivity index (χ4v) is 1.36. The maximum atomic E-state index is 11.5. The van der Waals surface area contributed by atoms with Gasteiger partial charge in [-0.3, -0.25) is 14.9 Å². The first-order valence-corrected chi connectivity index (χ1v) is 5.03. The van der Waals surface area contributed by atoms with Gasteiger partial charge >= 0.3 is 5.97 Å². The lowest BCUT2D eigenvalue weighted by Gasteiger charge is -2.08. The van der Waals surface area contributed by atoms with Crippen molar-refractivity contribution in [3.8, 4) is 6.07 Å². The number of nitro groups is 1. The number of methoxy groups -OCH3 is 1. The molecule has 0 aliphatic carbocycles. The van der Waals surface area contributed by atoms with Crippen LogP contribution in [0.15, 0.2) is 18.2 Å². The number of carbonyl (C=O) groups excluding carboxylic acids is 2. The minimum absolute atomic E-state index is 0.150. The number of nitriles is 1. The largest absolute Gasteiger partial charge is 0.465 e. The SMILES string of the molecule is COC(=O)c1cccc([N+](=O)[O-])c1NC(=O)CC#N. The van der Waals surface area contributed by atoms with Crippen molar-refractivity contribution in [2.45, 2.75) is 6.42 Å². The van der Waals surface area contributed by atoms with Gasteiger partial charge in [0.15, 0.2) is 0 Å². The number of nitro benzene ring substituents is 1. The van der Waals surface area contributed by atoms with Crippen LogP contribution >= 0.6 is 0 Å². The third-order valence-corrected chi connectivity index (χ3v) is 2.15. The molecule has 0 spiro atoms. The molecule has 1 N–H and O–H groups in total. The number of amides is 1. The number of nitrogens with one attached hydrogen (secondary N) is 1. The van der Waals surface area contributed by atoms with Gasteiger partial charge in [0, 0.05) is 6.07 Å². The molecule has 0 radical (unpaired) electrons. The van der Waals surface area contributed by atoms with Crippen molar-refractivity contribution in [3.63, 3.8) is 0 Å². The summed E-state index contributed by atoms with van der Waals surface area (Å²) in [5, 5.41) is 21.4. The molecular weight excluding hydrogens is 254 g/mol. The van der Waals surface area contributed by atoms with Crippen molar-refractivity contribution in [1.82, 2.24) is 0 Å². The highest BCUT2D eigenvalue weighted by molar-refractivity contribution is 6.04. The topological polar surface area (TPSA) is 122 Å². The first kappa shape index (κ1) is 14.1. The van der Waals surface area contributed by atoms with Crippen molar-refractivity contribution in [3.05, 3.63) is 33.9 Å². The van der Waals surface area contributed by atoms with Crippen molar-refractivity contribution in [1.29, 1.82) is 5.26 Å². The molecule has 1 rings (SSSR count). The number of carbonyl (C=O) groups is 2. The zero-order valence-electron chi connectivity index (χ0n) is 9.87. The van der Waals surface area contributed by atoms with Gasteiger partial charge in [-0.05, 0) is 6.07 Å². The highest BCUT2D eigenvalue weighted by Crippen LogP contribution is 2.28. The summed E-state index contributed by atoms with van der Waals surface area (Å²) in [6.45, 7) is 0. The Kier molecular flexibility index (Phi) is 4.54. The van der Waals surface area contributed by atoms with E-state index < -0.39 is 28.9 Å². The Labute approximate surface area is 107 Å². The van der Waals surface area contributed by atoms with Crippen LogP contribution in [-0.2, 0) is 9.53 Å². The third-order valence-electron chi connectivity index (χ3n) is 2.15. The number of rotatable bonds is 4. The van der Waals surface area contributed by atoms with Gasteiger partial charge in [-0.1, -0.05) is 6.07 Å². The standard InChI is InChI=1S/C11H9N3O5/c1-19-11(16)7-3-2-4-8(14(17)18)10(7)13-9(15)5-6-12/h2-4H,5H2,1H3,(H,13,15). The third kappa shape index (κ3) is 3.26. The van der Waals surface area contributed by atoms with Gasteiger partial charge in [0.05, 0.1) is 23.7 Å². The van der Waals surface area contributed by atoms with Crippen molar-refractivity contribution >= 4 is 23.3 Å². The van der Waals surface area contributed by atoms with Gasteiger partial charge in [0.1, 0.15) is 12.1 Å². The molecule has 0 fully saturated rings. The lowest BCUT2D eigenvalue weighted by atomic mass is 10.1. The minimum Gasteiger partial charge on any atom is -0.465 e. The summed E-state index contributed by atoms with van der Waals surface area (Å²) in [7, 11) is 1.11. The molecule has 98 valence electrons. The Hall–Kier alpha value is -2.95. The quantitative estimate of drug-likeness (QED) is 0.495. The van der Waals surface area contributed by atoms with E-state index in [2.05, 4.69) is 10.1 Å². The van der Waals surface area contributed by atoms with Crippen molar-refractivity contribution in [2.75, 3.05) is 12.4 Å². The Bertz CT molecular complexity index is 576. The Balaban J connectivity index is 3.30. The molecule has 0 atom stereocenters. The highest BCUT2D eigenvalue weighted by Gasteiger charge is 2.23.